The molecule has 0 saturated carbocycles. The molecule has 0 saturated heterocycles. The van der Waals surface area contributed by atoms with E-state index in [2.05, 4.69) is 4.98 Å². The molecule has 3 rings (SSSR count). The van der Waals surface area contributed by atoms with Crippen LogP contribution in [0.15, 0.2) is 59.6 Å². The lowest BCUT2D eigenvalue weighted by Gasteiger charge is -2.18. The molecule has 3 aromatic rings. The average molecular weight is 418 g/mol. The van der Waals surface area contributed by atoms with Crippen LogP contribution in [-0.2, 0) is 19.6 Å². The highest BCUT2D eigenvalue weighted by Crippen LogP contribution is 2.20. The molecule has 1 N–H and O–H groups in total. The predicted molar refractivity (Wildman–Crippen MR) is 104 cm³/mol. The van der Waals surface area contributed by atoms with E-state index in [9.17, 15) is 22.4 Å². The predicted octanol–water partition coefficient (Wildman–Crippen LogP) is 2.74. The number of ketones is 1. The topological polar surface area (TPSA) is 96.5 Å². The van der Waals surface area contributed by atoms with Gasteiger partial charge in [0.15, 0.2) is 6.10 Å². The molecule has 0 aliphatic carbocycles. The van der Waals surface area contributed by atoms with Gasteiger partial charge in [-0.3, -0.25) is 9.59 Å². The fraction of sp³-hybridized carbons (Fsp3) is 0.200. The number of carbonyl (C=O) groups excluding carboxylic acids is 2. The quantitative estimate of drug-likeness (QED) is 0.470. The van der Waals surface area contributed by atoms with E-state index in [1.54, 1.807) is 18.3 Å². The van der Waals surface area contributed by atoms with Crippen molar-refractivity contribution < 1.29 is 27.1 Å². The fourth-order valence-electron chi connectivity index (χ4n) is 2.84. The Morgan fingerprint density at radius 2 is 1.79 bits per heavy atom. The summed E-state index contributed by atoms with van der Waals surface area (Å²) in [6.07, 6.45) is 0.450. The Morgan fingerprint density at radius 3 is 2.48 bits per heavy atom. The summed E-state index contributed by atoms with van der Waals surface area (Å²) < 4.78 is 43.8. The van der Waals surface area contributed by atoms with E-state index in [1.165, 1.54) is 14.0 Å². The monoisotopic (exact) mass is 418 g/mol. The maximum atomic E-state index is 13.0. The first-order valence-corrected chi connectivity index (χ1v) is 10.2. The first kappa shape index (κ1) is 20.7. The van der Waals surface area contributed by atoms with Crippen LogP contribution < -0.4 is 0 Å². The third-order valence-corrected chi connectivity index (χ3v) is 6.22. The number of likely N-dealkylation sites (N-methyl/N-ethyl adjacent to an activating group) is 1. The normalized spacial score (nSPS) is 12.8. The molecule has 0 spiro atoms. The first-order valence-electron chi connectivity index (χ1n) is 8.72. The molecule has 1 unspecified atom stereocenters. The number of para-hydroxylation sites is 1. The Labute approximate surface area is 167 Å². The third-order valence-electron chi connectivity index (χ3n) is 4.41. The zero-order chi connectivity index (χ0) is 21.2. The number of benzene rings is 2. The molecule has 152 valence electrons. The minimum absolute atomic E-state index is 0.155. The maximum Gasteiger partial charge on any atom is 0.322 e. The van der Waals surface area contributed by atoms with Gasteiger partial charge in [-0.2, -0.15) is 4.31 Å². The second-order valence-corrected chi connectivity index (χ2v) is 8.50. The zero-order valence-corrected chi connectivity index (χ0v) is 16.6. The van der Waals surface area contributed by atoms with Gasteiger partial charge in [0.1, 0.15) is 12.4 Å². The number of aromatic nitrogens is 1. The smallest absolute Gasteiger partial charge is 0.322 e. The molecule has 0 aliphatic heterocycles. The summed E-state index contributed by atoms with van der Waals surface area (Å²) in [5.74, 6) is -1.85. The number of nitrogens with one attached hydrogen (secondary N) is 1. The molecule has 0 amide bonds. The molecule has 2 aromatic carbocycles. The Bertz CT molecular complexity index is 1160. The number of esters is 1. The summed E-state index contributed by atoms with van der Waals surface area (Å²) in [6, 6.07) is 11.5. The van der Waals surface area contributed by atoms with Crippen molar-refractivity contribution in [2.75, 3.05) is 13.6 Å². The molecule has 7 nitrogen and oxygen atoms in total. The van der Waals surface area contributed by atoms with Gasteiger partial charge >= 0.3 is 5.97 Å². The van der Waals surface area contributed by atoms with Crippen molar-refractivity contribution in [2.45, 2.75) is 17.9 Å². The minimum Gasteiger partial charge on any atom is -0.453 e. The number of hydrogen-bond donors (Lipinski definition) is 1. The molecule has 0 fully saturated rings. The summed E-state index contributed by atoms with van der Waals surface area (Å²) >= 11 is 0. The van der Waals surface area contributed by atoms with Crippen LogP contribution in [0.1, 0.15) is 17.3 Å². The van der Waals surface area contributed by atoms with Crippen LogP contribution in [0.5, 0.6) is 0 Å². The number of halogens is 1. The number of carbonyl (C=O) groups is 2. The van der Waals surface area contributed by atoms with Gasteiger partial charge in [0.25, 0.3) is 0 Å². The van der Waals surface area contributed by atoms with Gasteiger partial charge in [0.05, 0.1) is 4.90 Å². The van der Waals surface area contributed by atoms with Crippen LogP contribution >= 0.6 is 0 Å². The number of H-pyrrole nitrogens is 1. The van der Waals surface area contributed by atoms with E-state index in [0.717, 1.165) is 34.1 Å². The summed E-state index contributed by atoms with van der Waals surface area (Å²) in [7, 11) is -2.80. The lowest BCUT2D eigenvalue weighted by Crippen LogP contribution is -2.35. The number of hydrogen-bond acceptors (Lipinski definition) is 5. The number of fused-ring (bicyclic) bond motifs is 1. The number of aromatic amines is 1. The SMILES string of the molecule is CC(OC(=O)CN(C)S(=O)(=O)c1ccc(F)cc1)C(=O)c1c[nH]c2ccccc12. The van der Waals surface area contributed by atoms with Crippen molar-refractivity contribution >= 4 is 32.7 Å². The molecule has 0 radical (unpaired) electrons. The van der Waals surface area contributed by atoms with Crippen molar-refractivity contribution in [1.82, 2.24) is 9.29 Å². The van der Waals surface area contributed by atoms with E-state index in [-0.39, 0.29) is 4.90 Å². The maximum absolute atomic E-state index is 13.0. The van der Waals surface area contributed by atoms with Crippen LogP contribution in [-0.4, -0.2) is 49.2 Å². The Morgan fingerprint density at radius 1 is 1.14 bits per heavy atom. The van der Waals surface area contributed by atoms with E-state index in [4.69, 9.17) is 4.74 Å². The second-order valence-electron chi connectivity index (χ2n) is 6.46. The standard InChI is InChI=1S/C20H19FN2O5S/c1-13(20(25)17-11-22-18-6-4-3-5-16(17)18)28-19(24)12-23(2)29(26,27)15-9-7-14(21)8-10-15/h3-11,13,22H,12H2,1-2H3. The third kappa shape index (κ3) is 4.36. The van der Waals surface area contributed by atoms with Crippen molar-refractivity contribution in [1.29, 1.82) is 0 Å². The van der Waals surface area contributed by atoms with Crippen molar-refractivity contribution in [2.24, 2.45) is 0 Å². The number of rotatable bonds is 7. The van der Waals surface area contributed by atoms with Crippen molar-refractivity contribution in [3.05, 3.63) is 66.1 Å². The van der Waals surface area contributed by atoms with Crippen LogP contribution in [0.4, 0.5) is 4.39 Å². The highest BCUT2D eigenvalue weighted by Gasteiger charge is 2.27. The zero-order valence-electron chi connectivity index (χ0n) is 15.8. The number of nitrogens with zero attached hydrogens (tertiary/aromatic N) is 1. The molecule has 29 heavy (non-hydrogen) atoms. The van der Waals surface area contributed by atoms with Gasteiger partial charge in [-0.25, -0.2) is 12.8 Å². The van der Waals surface area contributed by atoms with E-state index < -0.39 is 40.2 Å². The van der Waals surface area contributed by atoms with Gasteiger partial charge in [-0.1, -0.05) is 18.2 Å². The first-order chi connectivity index (χ1) is 13.7. The summed E-state index contributed by atoms with van der Waals surface area (Å²) in [5, 5.41) is 0.705. The van der Waals surface area contributed by atoms with Crippen LogP contribution in [0.25, 0.3) is 10.9 Å². The second kappa shape index (κ2) is 8.14. The van der Waals surface area contributed by atoms with Crippen LogP contribution in [0.2, 0.25) is 0 Å². The lowest BCUT2D eigenvalue weighted by molar-refractivity contribution is -0.146. The molecule has 1 heterocycles. The summed E-state index contributed by atoms with van der Waals surface area (Å²) in [5.41, 5.74) is 1.16. The van der Waals surface area contributed by atoms with Crippen molar-refractivity contribution in [3.8, 4) is 0 Å². The van der Waals surface area contributed by atoms with Gasteiger partial charge in [-0.15, -0.1) is 0 Å². The summed E-state index contributed by atoms with van der Waals surface area (Å²) in [4.78, 5) is 27.6. The molecule has 1 atom stereocenters. The van der Waals surface area contributed by atoms with Gasteiger partial charge < -0.3 is 9.72 Å². The average Bonchev–Trinajstić information content (AvgIpc) is 3.11. The molecule has 9 heteroatoms. The fourth-order valence-corrected chi connectivity index (χ4v) is 3.95. The minimum atomic E-state index is -4.00. The Balaban J connectivity index is 1.66. The number of ether oxygens (including phenoxy) is 1. The largest absolute Gasteiger partial charge is 0.453 e. The number of Topliss-reactive ketones (excluding diaryl/α,β-unsaturated/α-hetero) is 1. The molecule has 0 bridgehead atoms. The van der Waals surface area contributed by atoms with Gasteiger partial charge in [-0.05, 0) is 37.3 Å². The lowest BCUT2D eigenvalue weighted by atomic mass is 10.1. The molecular formula is C20H19FN2O5S. The van der Waals surface area contributed by atoms with E-state index >= 15 is 0 Å². The van der Waals surface area contributed by atoms with Crippen molar-refractivity contribution in [3.63, 3.8) is 0 Å². The Kier molecular flexibility index (Phi) is 5.81. The van der Waals surface area contributed by atoms with Crippen LogP contribution in [0, 0.1) is 5.82 Å². The number of sulfonamides is 1. The van der Waals surface area contributed by atoms with Gasteiger partial charge in [0.2, 0.25) is 15.8 Å². The highest BCUT2D eigenvalue weighted by atomic mass is 32.2. The summed E-state index contributed by atoms with van der Waals surface area (Å²) in [6.45, 7) is 0.835. The van der Waals surface area contributed by atoms with E-state index in [1.807, 2.05) is 12.1 Å². The molecule has 0 aliphatic rings. The molecular weight excluding hydrogens is 399 g/mol. The highest BCUT2D eigenvalue weighted by molar-refractivity contribution is 7.89. The molecule has 1 aromatic heterocycles. The Hall–Kier alpha value is -3.04. The van der Waals surface area contributed by atoms with Crippen LogP contribution in [0.3, 0.4) is 0 Å². The van der Waals surface area contributed by atoms with Gasteiger partial charge in [0, 0.05) is 29.7 Å². The van der Waals surface area contributed by atoms with E-state index in [0.29, 0.717) is 10.9 Å².